The molecule has 0 atom stereocenters. The molecule has 1 aromatic carbocycles. The lowest BCUT2D eigenvalue weighted by Gasteiger charge is -2.34. The van der Waals surface area contributed by atoms with Gasteiger partial charge in [0.25, 0.3) is 5.91 Å². The van der Waals surface area contributed by atoms with E-state index in [1.165, 1.54) is 0 Å². The normalized spacial score (nSPS) is 16.2. The van der Waals surface area contributed by atoms with Gasteiger partial charge in [-0.3, -0.25) is 4.79 Å². The van der Waals surface area contributed by atoms with E-state index >= 15 is 0 Å². The summed E-state index contributed by atoms with van der Waals surface area (Å²) in [7, 11) is 0. The van der Waals surface area contributed by atoms with E-state index in [0.29, 0.717) is 18.7 Å². The summed E-state index contributed by atoms with van der Waals surface area (Å²) in [6, 6.07) is 9.32. The van der Waals surface area contributed by atoms with Gasteiger partial charge in [0.2, 0.25) is 0 Å². The van der Waals surface area contributed by atoms with Gasteiger partial charge < -0.3 is 15.5 Å². The van der Waals surface area contributed by atoms with Crippen LogP contribution in [0.3, 0.4) is 0 Å². The second-order valence-electron chi connectivity index (χ2n) is 6.78. The van der Waals surface area contributed by atoms with E-state index in [0.717, 1.165) is 12.8 Å². The van der Waals surface area contributed by atoms with Crippen LogP contribution < -0.4 is 10.6 Å². The van der Waals surface area contributed by atoms with Crippen molar-refractivity contribution in [2.75, 3.05) is 13.1 Å². The Bertz CT molecular complexity index is 514. The first-order chi connectivity index (χ1) is 10.3. The monoisotopic (exact) mass is 303 g/mol. The van der Waals surface area contributed by atoms with Gasteiger partial charge in [0, 0.05) is 30.2 Å². The molecule has 1 aliphatic heterocycles. The van der Waals surface area contributed by atoms with Crippen LogP contribution in [0.25, 0.3) is 0 Å². The first-order valence-corrected chi connectivity index (χ1v) is 7.78. The number of rotatable bonds is 2. The molecule has 2 rings (SSSR count). The fourth-order valence-electron chi connectivity index (χ4n) is 2.49. The summed E-state index contributed by atoms with van der Waals surface area (Å²) in [4.78, 5) is 26.0. The lowest BCUT2D eigenvalue weighted by Crippen LogP contribution is -2.53. The Kier molecular flexibility index (Phi) is 5.06. The van der Waals surface area contributed by atoms with E-state index in [9.17, 15) is 9.59 Å². The molecule has 120 valence electrons. The third-order valence-electron chi connectivity index (χ3n) is 3.64. The number of urea groups is 1. The molecule has 0 saturated carbocycles. The molecule has 0 bridgehead atoms. The van der Waals surface area contributed by atoms with E-state index in [1.54, 1.807) is 12.1 Å². The minimum atomic E-state index is -0.227. The highest BCUT2D eigenvalue weighted by atomic mass is 16.2. The topological polar surface area (TPSA) is 61.4 Å². The van der Waals surface area contributed by atoms with Gasteiger partial charge in [0.15, 0.2) is 0 Å². The van der Waals surface area contributed by atoms with Crippen molar-refractivity contribution in [1.82, 2.24) is 15.5 Å². The van der Waals surface area contributed by atoms with Gasteiger partial charge in [0.1, 0.15) is 0 Å². The minimum Gasteiger partial charge on any atom is -0.349 e. The zero-order valence-corrected chi connectivity index (χ0v) is 13.6. The van der Waals surface area contributed by atoms with Crippen molar-refractivity contribution in [2.45, 2.75) is 45.2 Å². The molecule has 0 unspecified atom stereocenters. The highest BCUT2D eigenvalue weighted by Crippen LogP contribution is 2.12. The molecule has 1 fully saturated rings. The van der Waals surface area contributed by atoms with Gasteiger partial charge in [-0.25, -0.2) is 4.79 Å². The Balaban J connectivity index is 1.80. The second-order valence-corrected chi connectivity index (χ2v) is 6.78. The number of hydrogen-bond acceptors (Lipinski definition) is 2. The van der Waals surface area contributed by atoms with E-state index in [-0.39, 0.29) is 23.5 Å². The Hall–Kier alpha value is -2.04. The smallest absolute Gasteiger partial charge is 0.317 e. The van der Waals surface area contributed by atoms with Gasteiger partial charge in [-0.1, -0.05) is 18.2 Å². The molecule has 0 spiro atoms. The molecule has 22 heavy (non-hydrogen) atoms. The molecular formula is C17H25N3O2. The maximum absolute atomic E-state index is 12.1. The number of likely N-dealkylation sites (tertiary alicyclic amines) is 1. The van der Waals surface area contributed by atoms with Crippen molar-refractivity contribution in [3.63, 3.8) is 0 Å². The number of nitrogens with zero attached hydrogens (tertiary/aromatic N) is 1. The number of carbonyl (C=O) groups is 2. The Labute approximate surface area is 132 Å². The van der Waals surface area contributed by atoms with Crippen molar-refractivity contribution in [2.24, 2.45) is 0 Å². The lowest BCUT2D eigenvalue weighted by atomic mass is 10.0. The summed E-state index contributed by atoms with van der Waals surface area (Å²) in [5.74, 6) is -0.0433. The van der Waals surface area contributed by atoms with E-state index in [2.05, 4.69) is 10.6 Å². The van der Waals surface area contributed by atoms with Gasteiger partial charge in [0.05, 0.1) is 0 Å². The van der Waals surface area contributed by atoms with E-state index < -0.39 is 0 Å². The maximum Gasteiger partial charge on any atom is 0.317 e. The van der Waals surface area contributed by atoms with Gasteiger partial charge in [-0.15, -0.1) is 0 Å². The minimum absolute atomic E-state index is 0.0275. The lowest BCUT2D eigenvalue weighted by molar-refractivity contribution is 0.0917. The molecule has 1 aromatic rings. The van der Waals surface area contributed by atoms with Crippen LogP contribution in [-0.2, 0) is 0 Å². The zero-order chi connectivity index (χ0) is 16.2. The van der Waals surface area contributed by atoms with Gasteiger partial charge >= 0.3 is 6.03 Å². The Morgan fingerprint density at radius 1 is 1.09 bits per heavy atom. The van der Waals surface area contributed by atoms with Crippen molar-refractivity contribution >= 4 is 11.9 Å². The first kappa shape index (κ1) is 16.3. The fourth-order valence-corrected chi connectivity index (χ4v) is 2.49. The van der Waals surface area contributed by atoms with Crippen molar-refractivity contribution in [3.05, 3.63) is 35.9 Å². The molecule has 1 saturated heterocycles. The molecule has 5 nitrogen and oxygen atoms in total. The van der Waals surface area contributed by atoms with Crippen LogP contribution in [0.5, 0.6) is 0 Å². The van der Waals surface area contributed by atoms with Crippen LogP contribution in [-0.4, -0.2) is 41.5 Å². The number of amides is 3. The third kappa shape index (κ3) is 4.76. The summed E-state index contributed by atoms with van der Waals surface area (Å²) in [5, 5.41) is 6.02. The summed E-state index contributed by atoms with van der Waals surface area (Å²) >= 11 is 0. The van der Waals surface area contributed by atoms with Crippen LogP contribution in [0.1, 0.15) is 44.0 Å². The number of benzene rings is 1. The largest absolute Gasteiger partial charge is 0.349 e. The molecule has 0 aliphatic carbocycles. The van der Waals surface area contributed by atoms with Gasteiger partial charge in [-0.2, -0.15) is 0 Å². The Morgan fingerprint density at radius 3 is 2.23 bits per heavy atom. The zero-order valence-electron chi connectivity index (χ0n) is 13.6. The number of hydrogen-bond donors (Lipinski definition) is 2. The van der Waals surface area contributed by atoms with Crippen molar-refractivity contribution in [3.8, 4) is 0 Å². The molecule has 1 aliphatic rings. The average molecular weight is 303 g/mol. The Morgan fingerprint density at radius 2 is 1.68 bits per heavy atom. The van der Waals surface area contributed by atoms with Crippen LogP contribution in [0, 0.1) is 0 Å². The standard InChI is InChI=1S/C17H25N3O2/c1-17(2,3)19-16(22)20-11-9-14(10-12-20)18-15(21)13-7-5-4-6-8-13/h4-8,14H,9-12H2,1-3H3,(H,18,21)(H,19,22). The molecule has 2 N–H and O–H groups in total. The van der Waals surface area contributed by atoms with Gasteiger partial charge in [-0.05, 0) is 45.7 Å². The summed E-state index contributed by atoms with van der Waals surface area (Å²) in [5.41, 5.74) is 0.450. The predicted octanol–water partition coefficient (Wildman–Crippen LogP) is 2.39. The number of carbonyl (C=O) groups excluding carboxylic acids is 2. The van der Waals surface area contributed by atoms with Crippen LogP contribution in [0.4, 0.5) is 4.79 Å². The molecule has 1 heterocycles. The molecule has 0 aromatic heterocycles. The average Bonchev–Trinajstić information content (AvgIpc) is 2.47. The third-order valence-corrected chi connectivity index (χ3v) is 3.64. The number of nitrogens with one attached hydrogen (secondary N) is 2. The van der Waals surface area contributed by atoms with Crippen molar-refractivity contribution < 1.29 is 9.59 Å². The molecule has 3 amide bonds. The van der Waals surface area contributed by atoms with Crippen LogP contribution in [0.15, 0.2) is 30.3 Å². The molecule has 0 radical (unpaired) electrons. The van der Waals surface area contributed by atoms with Crippen LogP contribution in [0.2, 0.25) is 0 Å². The predicted molar refractivity (Wildman–Crippen MR) is 86.8 cm³/mol. The second kappa shape index (κ2) is 6.81. The quantitative estimate of drug-likeness (QED) is 0.881. The molecule has 5 heteroatoms. The highest BCUT2D eigenvalue weighted by molar-refractivity contribution is 5.94. The maximum atomic E-state index is 12.1. The van der Waals surface area contributed by atoms with E-state index in [1.807, 2.05) is 43.9 Å². The first-order valence-electron chi connectivity index (χ1n) is 7.78. The van der Waals surface area contributed by atoms with E-state index in [4.69, 9.17) is 0 Å². The molecular weight excluding hydrogens is 278 g/mol. The summed E-state index contributed by atoms with van der Waals surface area (Å²) in [6.07, 6.45) is 1.58. The summed E-state index contributed by atoms with van der Waals surface area (Å²) in [6.45, 7) is 7.25. The van der Waals surface area contributed by atoms with Crippen molar-refractivity contribution in [1.29, 1.82) is 0 Å². The fraction of sp³-hybridized carbons (Fsp3) is 0.529. The SMILES string of the molecule is CC(C)(C)NC(=O)N1CCC(NC(=O)c2ccccc2)CC1. The van der Waals surface area contributed by atoms with Crippen LogP contribution >= 0.6 is 0 Å². The highest BCUT2D eigenvalue weighted by Gasteiger charge is 2.26. The summed E-state index contributed by atoms with van der Waals surface area (Å²) < 4.78 is 0. The number of piperidine rings is 1.